The summed E-state index contributed by atoms with van der Waals surface area (Å²) in [7, 11) is 3.36. The van der Waals surface area contributed by atoms with Gasteiger partial charge in [-0.25, -0.2) is 0 Å². The smallest absolute Gasteiger partial charge is 0.265 e. The highest BCUT2D eigenvalue weighted by Gasteiger charge is 2.12. The number of anilines is 1. The van der Waals surface area contributed by atoms with Crippen LogP contribution in [0.15, 0.2) is 30.3 Å². The summed E-state index contributed by atoms with van der Waals surface area (Å²) < 4.78 is 5.41. The van der Waals surface area contributed by atoms with Crippen molar-refractivity contribution in [3.63, 3.8) is 0 Å². The molecule has 0 saturated heterocycles. The first-order chi connectivity index (χ1) is 11.4. The number of likely N-dealkylation sites (N-methyl/N-ethyl adjacent to an activating group) is 1. The maximum atomic E-state index is 12.3. The maximum Gasteiger partial charge on any atom is 0.265 e. The number of carbonyl (C=O) groups excluding carboxylic acids is 2. The first kappa shape index (κ1) is 18.0. The molecule has 1 heterocycles. The second kappa shape index (κ2) is 7.97. The van der Waals surface area contributed by atoms with Gasteiger partial charge in [0.15, 0.2) is 6.61 Å². The third-order valence-corrected chi connectivity index (χ3v) is 4.92. The Morgan fingerprint density at radius 3 is 2.42 bits per heavy atom. The van der Waals surface area contributed by atoms with Crippen molar-refractivity contribution >= 4 is 28.8 Å². The number of nitrogens with one attached hydrogen (secondary N) is 1. The van der Waals surface area contributed by atoms with Crippen molar-refractivity contribution in [3.8, 4) is 5.75 Å². The molecule has 0 fully saturated rings. The van der Waals surface area contributed by atoms with E-state index in [4.69, 9.17) is 4.74 Å². The normalized spacial score (nSPS) is 10.3. The lowest BCUT2D eigenvalue weighted by Crippen LogP contribution is -2.27. The molecule has 0 atom stereocenters. The van der Waals surface area contributed by atoms with Gasteiger partial charge in [-0.05, 0) is 49.2 Å². The predicted octanol–water partition coefficient (Wildman–Crippen LogP) is 3.34. The summed E-state index contributed by atoms with van der Waals surface area (Å²) in [5.41, 5.74) is 1.84. The van der Waals surface area contributed by atoms with Crippen LogP contribution in [0, 0.1) is 6.92 Å². The van der Waals surface area contributed by atoms with Crippen LogP contribution in [-0.2, 0) is 11.2 Å². The van der Waals surface area contributed by atoms with Crippen molar-refractivity contribution in [2.45, 2.75) is 20.3 Å². The summed E-state index contributed by atoms with van der Waals surface area (Å²) in [4.78, 5) is 27.2. The zero-order chi connectivity index (χ0) is 17.7. The van der Waals surface area contributed by atoms with E-state index in [-0.39, 0.29) is 18.4 Å². The van der Waals surface area contributed by atoms with Crippen molar-refractivity contribution in [2.75, 3.05) is 26.0 Å². The number of amides is 2. The second-order valence-electron chi connectivity index (χ2n) is 5.63. The largest absolute Gasteiger partial charge is 0.484 e. The molecule has 0 bridgehead atoms. The summed E-state index contributed by atoms with van der Waals surface area (Å²) in [6.45, 7) is 4.10. The SMILES string of the molecule is CCc1sc(C(=O)Nc2ccc(OCC(=O)N(C)C)cc2)cc1C. The van der Waals surface area contributed by atoms with Crippen molar-refractivity contribution in [1.82, 2.24) is 4.90 Å². The van der Waals surface area contributed by atoms with Gasteiger partial charge in [-0.2, -0.15) is 0 Å². The summed E-state index contributed by atoms with van der Waals surface area (Å²) in [5.74, 6) is 0.370. The van der Waals surface area contributed by atoms with E-state index in [1.54, 1.807) is 38.4 Å². The first-order valence-electron chi connectivity index (χ1n) is 7.74. The van der Waals surface area contributed by atoms with Gasteiger partial charge in [-0.3, -0.25) is 9.59 Å². The van der Waals surface area contributed by atoms with Gasteiger partial charge in [0.2, 0.25) is 0 Å². The van der Waals surface area contributed by atoms with Gasteiger partial charge in [0.1, 0.15) is 5.75 Å². The number of carbonyl (C=O) groups is 2. The standard InChI is InChI=1S/C18H22N2O3S/c1-5-15-12(2)10-16(24-15)18(22)19-13-6-8-14(9-7-13)23-11-17(21)20(3)4/h6-10H,5,11H2,1-4H3,(H,19,22). The average Bonchev–Trinajstić information content (AvgIpc) is 2.94. The Morgan fingerprint density at radius 2 is 1.88 bits per heavy atom. The molecule has 2 rings (SSSR count). The Kier molecular flexibility index (Phi) is 5.98. The fourth-order valence-electron chi connectivity index (χ4n) is 2.08. The first-order valence-corrected chi connectivity index (χ1v) is 8.56. The van der Waals surface area contributed by atoms with E-state index in [1.807, 2.05) is 13.0 Å². The van der Waals surface area contributed by atoms with E-state index in [0.29, 0.717) is 16.3 Å². The molecule has 128 valence electrons. The highest BCUT2D eigenvalue weighted by Crippen LogP contribution is 2.24. The number of nitrogens with zero attached hydrogens (tertiary/aromatic N) is 1. The van der Waals surface area contributed by atoms with Crippen LogP contribution in [0.3, 0.4) is 0 Å². The highest BCUT2D eigenvalue weighted by molar-refractivity contribution is 7.14. The predicted molar refractivity (Wildman–Crippen MR) is 97.0 cm³/mol. The molecule has 2 aromatic rings. The quantitative estimate of drug-likeness (QED) is 0.873. The fourth-order valence-corrected chi connectivity index (χ4v) is 3.09. The maximum absolute atomic E-state index is 12.3. The molecule has 6 heteroatoms. The molecule has 5 nitrogen and oxygen atoms in total. The van der Waals surface area contributed by atoms with Crippen molar-refractivity contribution in [2.24, 2.45) is 0 Å². The van der Waals surface area contributed by atoms with Gasteiger partial charge < -0.3 is 15.0 Å². The van der Waals surface area contributed by atoms with Crippen LogP contribution < -0.4 is 10.1 Å². The minimum atomic E-state index is -0.112. The molecule has 0 unspecified atom stereocenters. The third-order valence-electron chi connectivity index (χ3n) is 3.54. The number of hydrogen-bond acceptors (Lipinski definition) is 4. The third kappa shape index (κ3) is 4.58. The van der Waals surface area contributed by atoms with Crippen LogP contribution in [0.2, 0.25) is 0 Å². The topological polar surface area (TPSA) is 58.6 Å². The minimum absolute atomic E-state index is 0.00697. The van der Waals surface area contributed by atoms with Gasteiger partial charge in [0.25, 0.3) is 11.8 Å². The second-order valence-corrected chi connectivity index (χ2v) is 6.76. The van der Waals surface area contributed by atoms with Gasteiger partial charge in [-0.15, -0.1) is 11.3 Å². The lowest BCUT2D eigenvalue weighted by molar-refractivity contribution is -0.130. The summed E-state index contributed by atoms with van der Waals surface area (Å²) in [6.07, 6.45) is 0.932. The van der Waals surface area contributed by atoms with E-state index in [1.165, 1.54) is 21.1 Å². The Bertz CT molecular complexity index is 720. The summed E-state index contributed by atoms with van der Waals surface area (Å²) >= 11 is 1.53. The van der Waals surface area contributed by atoms with Crippen LogP contribution in [0.25, 0.3) is 0 Å². The van der Waals surface area contributed by atoms with Crippen molar-refractivity contribution in [1.29, 1.82) is 0 Å². The molecule has 1 aromatic heterocycles. The van der Waals surface area contributed by atoms with Gasteiger partial charge in [-0.1, -0.05) is 6.92 Å². The number of benzene rings is 1. The van der Waals surface area contributed by atoms with Crippen LogP contribution in [0.5, 0.6) is 5.75 Å². The molecular weight excluding hydrogens is 324 g/mol. The number of ether oxygens (including phenoxy) is 1. The Balaban J connectivity index is 1.95. The van der Waals surface area contributed by atoms with Crippen LogP contribution in [0.1, 0.15) is 27.0 Å². The van der Waals surface area contributed by atoms with Crippen LogP contribution >= 0.6 is 11.3 Å². The molecule has 0 saturated carbocycles. The Labute approximate surface area is 146 Å². The number of hydrogen-bond donors (Lipinski definition) is 1. The van der Waals surface area contributed by atoms with E-state index >= 15 is 0 Å². The number of rotatable bonds is 6. The Morgan fingerprint density at radius 1 is 1.21 bits per heavy atom. The molecule has 0 aliphatic carbocycles. The average molecular weight is 346 g/mol. The molecule has 24 heavy (non-hydrogen) atoms. The van der Waals surface area contributed by atoms with Crippen molar-refractivity contribution < 1.29 is 14.3 Å². The number of aryl methyl sites for hydroxylation is 2. The van der Waals surface area contributed by atoms with E-state index < -0.39 is 0 Å². The molecule has 1 N–H and O–H groups in total. The summed E-state index contributed by atoms with van der Waals surface area (Å²) in [6, 6.07) is 8.90. The zero-order valence-electron chi connectivity index (χ0n) is 14.4. The minimum Gasteiger partial charge on any atom is -0.484 e. The molecule has 2 amide bonds. The monoisotopic (exact) mass is 346 g/mol. The molecule has 1 aromatic carbocycles. The van der Waals surface area contributed by atoms with E-state index in [0.717, 1.165) is 12.0 Å². The molecule has 0 radical (unpaired) electrons. The van der Waals surface area contributed by atoms with Crippen LogP contribution in [-0.4, -0.2) is 37.4 Å². The van der Waals surface area contributed by atoms with Gasteiger partial charge >= 0.3 is 0 Å². The molecule has 0 aliphatic heterocycles. The Hall–Kier alpha value is -2.34. The molecule has 0 aliphatic rings. The molecule has 0 spiro atoms. The summed E-state index contributed by atoms with van der Waals surface area (Å²) in [5, 5.41) is 2.87. The van der Waals surface area contributed by atoms with E-state index in [2.05, 4.69) is 12.2 Å². The van der Waals surface area contributed by atoms with E-state index in [9.17, 15) is 9.59 Å². The van der Waals surface area contributed by atoms with Crippen molar-refractivity contribution in [3.05, 3.63) is 45.6 Å². The lowest BCUT2D eigenvalue weighted by atomic mass is 10.2. The lowest BCUT2D eigenvalue weighted by Gasteiger charge is -2.11. The highest BCUT2D eigenvalue weighted by atomic mass is 32.1. The fraction of sp³-hybridized carbons (Fsp3) is 0.333. The van der Waals surface area contributed by atoms with Gasteiger partial charge in [0.05, 0.1) is 4.88 Å². The van der Waals surface area contributed by atoms with Crippen LogP contribution in [0.4, 0.5) is 5.69 Å². The van der Waals surface area contributed by atoms with Gasteiger partial charge in [0, 0.05) is 24.7 Å². The zero-order valence-corrected chi connectivity index (χ0v) is 15.2. The molecular formula is C18H22N2O3S. The number of thiophene rings is 1.